The molecule has 0 aromatic rings. The van der Waals surface area contributed by atoms with E-state index in [2.05, 4.69) is 26.1 Å². The van der Waals surface area contributed by atoms with Gasteiger partial charge in [0.2, 0.25) is 0 Å². The van der Waals surface area contributed by atoms with Crippen molar-refractivity contribution in [3.8, 4) is 0 Å². The molecule has 2 rings (SSSR count). The van der Waals surface area contributed by atoms with Crippen LogP contribution in [-0.4, -0.2) is 13.1 Å². The SMILES string of the molecule is CCCNCC1CCC(C)(C)CC1CC1CCCC1. The molecule has 0 bridgehead atoms. The molecule has 0 aromatic carbocycles. The predicted octanol–water partition coefficient (Wildman–Crippen LogP) is 5.01. The smallest absolute Gasteiger partial charge is 0.00179 e. The Morgan fingerprint density at radius 2 is 1.79 bits per heavy atom. The number of hydrogen-bond donors (Lipinski definition) is 1. The first-order valence-corrected chi connectivity index (χ1v) is 8.81. The lowest BCUT2D eigenvalue weighted by Crippen LogP contribution is -2.37. The van der Waals surface area contributed by atoms with Crippen molar-refractivity contribution in [1.82, 2.24) is 5.32 Å². The average molecular weight is 265 g/mol. The van der Waals surface area contributed by atoms with Gasteiger partial charge in [-0.15, -0.1) is 0 Å². The van der Waals surface area contributed by atoms with Crippen LogP contribution in [0, 0.1) is 23.2 Å². The van der Waals surface area contributed by atoms with Crippen molar-refractivity contribution in [3.63, 3.8) is 0 Å². The Balaban J connectivity index is 1.86. The highest BCUT2D eigenvalue weighted by Crippen LogP contribution is 2.45. The lowest BCUT2D eigenvalue weighted by molar-refractivity contribution is 0.0974. The standard InChI is InChI=1S/C18H35N/c1-4-11-19-14-16-9-10-18(2,3)13-17(16)12-15-7-5-6-8-15/h15-17,19H,4-14H2,1-3H3. The van der Waals surface area contributed by atoms with Gasteiger partial charge in [-0.1, -0.05) is 46.5 Å². The largest absolute Gasteiger partial charge is 0.316 e. The van der Waals surface area contributed by atoms with Crippen LogP contribution in [0.25, 0.3) is 0 Å². The second-order valence-corrected chi connectivity index (χ2v) is 8.02. The maximum atomic E-state index is 3.69. The fourth-order valence-corrected chi connectivity index (χ4v) is 4.47. The third-order valence-electron chi connectivity index (χ3n) is 5.62. The van der Waals surface area contributed by atoms with Crippen LogP contribution >= 0.6 is 0 Å². The lowest BCUT2D eigenvalue weighted by Gasteiger charge is -2.42. The Morgan fingerprint density at radius 1 is 1.05 bits per heavy atom. The minimum Gasteiger partial charge on any atom is -0.316 e. The van der Waals surface area contributed by atoms with Crippen LogP contribution in [0.5, 0.6) is 0 Å². The van der Waals surface area contributed by atoms with Crippen LogP contribution in [0.3, 0.4) is 0 Å². The Morgan fingerprint density at radius 3 is 2.47 bits per heavy atom. The van der Waals surface area contributed by atoms with Crippen LogP contribution in [-0.2, 0) is 0 Å². The van der Waals surface area contributed by atoms with Crippen LogP contribution < -0.4 is 5.32 Å². The molecular formula is C18H35N. The Hall–Kier alpha value is -0.0400. The van der Waals surface area contributed by atoms with Gasteiger partial charge in [0.15, 0.2) is 0 Å². The van der Waals surface area contributed by atoms with Crippen molar-refractivity contribution in [3.05, 3.63) is 0 Å². The highest BCUT2D eigenvalue weighted by molar-refractivity contribution is 4.87. The Kier molecular flexibility index (Phi) is 5.74. The summed E-state index contributed by atoms with van der Waals surface area (Å²) in [6.45, 7) is 9.74. The van der Waals surface area contributed by atoms with Crippen LogP contribution in [0.4, 0.5) is 0 Å². The normalized spacial score (nSPS) is 31.7. The van der Waals surface area contributed by atoms with Gasteiger partial charge in [0, 0.05) is 0 Å². The molecule has 0 amide bonds. The van der Waals surface area contributed by atoms with Gasteiger partial charge < -0.3 is 5.32 Å². The summed E-state index contributed by atoms with van der Waals surface area (Å²) in [5.41, 5.74) is 0.602. The zero-order chi connectivity index (χ0) is 13.7. The van der Waals surface area contributed by atoms with E-state index in [1.807, 2.05) is 0 Å². The van der Waals surface area contributed by atoms with Crippen LogP contribution in [0.2, 0.25) is 0 Å². The van der Waals surface area contributed by atoms with Crippen LogP contribution in [0.1, 0.15) is 78.6 Å². The van der Waals surface area contributed by atoms with Crippen molar-refractivity contribution < 1.29 is 0 Å². The van der Waals surface area contributed by atoms with Gasteiger partial charge in [-0.3, -0.25) is 0 Å². The fraction of sp³-hybridized carbons (Fsp3) is 1.00. The Labute approximate surface area is 120 Å². The molecular weight excluding hydrogens is 230 g/mol. The summed E-state index contributed by atoms with van der Waals surface area (Å²) in [4.78, 5) is 0. The quantitative estimate of drug-likeness (QED) is 0.666. The summed E-state index contributed by atoms with van der Waals surface area (Å²) in [6, 6.07) is 0. The summed E-state index contributed by atoms with van der Waals surface area (Å²) >= 11 is 0. The zero-order valence-corrected chi connectivity index (χ0v) is 13.5. The predicted molar refractivity (Wildman–Crippen MR) is 84.3 cm³/mol. The molecule has 19 heavy (non-hydrogen) atoms. The summed E-state index contributed by atoms with van der Waals surface area (Å²) in [6.07, 6.45) is 13.2. The molecule has 1 N–H and O–H groups in total. The molecule has 0 aliphatic heterocycles. The van der Waals surface area contributed by atoms with Crippen molar-refractivity contribution in [2.75, 3.05) is 13.1 Å². The molecule has 0 heterocycles. The second-order valence-electron chi connectivity index (χ2n) is 8.02. The van der Waals surface area contributed by atoms with E-state index >= 15 is 0 Å². The maximum absolute atomic E-state index is 3.69. The molecule has 112 valence electrons. The lowest BCUT2D eigenvalue weighted by atomic mass is 9.65. The molecule has 2 unspecified atom stereocenters. The molecule has 0 aromatic heterocycles. The minimum absolute atomic E-state index is 0.602. The molecule has 2 aliphatic rings. The molecule has 1 nitrogen and oxygen atoms in total. The molecule has 0 radical (unpaired) electrons. The molecule has 2 saturated carbocycles. The monoisotopic (exact) mass is 265 g/mol. The zero-order valence-electron chi connectivity index (χ0n) is 13.5. The highest BCUT2D eigenvalue weighted by Gasteiger charge is 2.35. The van der Waals surface area contributed by atoms with Crippen molar-refractivity contribution >= 4 is 0 Å². The molecule has 0 saturated heterocycles. The van der Waals surface area contributed by atoms with Crippen LogP contribution in [0.15, 0.2) is 0 Å². The molecule has 2 atom stereocenters. The number of hydrogen-bond acceptors (Lipinski definition) is 1. The minimum atomic E-state index is 0.602. The van der Waals surface area contributed by atoms with E-state index < -0.39 is 0 Å². The summed E-state index contributed by atoms with van der Waals surface area (Å²) in [5, 5.41) is 3.69. The van der Waals surface area contributed by atoms with Gasteiger partial charge >= 0.3 is 0 Å². The summed E-state index contributed by atoms with van der Waals surface area (Å²) in [5.74, 6) is 3.02. The van der Waals surface area contributed by atoms with E-state index in [0.717, 1.165) is 17.8 Å². The molecule has 2 fully saturated rings. The average Bonchev–Trinajstić information content (AvgIpc) is 2.84. The van der Waals surface area contributed by atoms with E-state index in [-0.39, 0.29) is 0 Å². The Bertz CT molecular complexity index is 252. The van der Waals surface area contributed by atoms with E-state index in [0.29, 0.717) is 5.41 Å². The van der Waals surface area contributed by atoms with E-state index in [1.54, 1.807) is 0 Å². The van der Waals surface area contributed by atoms with E-state index in [4.69, 9.17) is 0 Å². The third-order valence-corrected chi connectivity index (χ3v) is 5.62. The fourth-order valence-electron chi connectivity index (χ4n) is 4.47. The molecule has 2 aliphatic carbocycles. The number of nitrogens with one attached hydrogen (secondary N) is 1. The third kappa shape index (κ3) is 4.77. The van der Waals surface area contributed by atoms with Gasteiger partial charge in [0.25, 0.3) is 0 Å². The molecule has 1 heteroatoms. The van der Waals surface area contributed by atoms with Crippen molar-refractivity contribution in [2.45, 2.75) is 78.6 Å². The first-order chi connectivity index (χ1) is 9.11. The molecule has 0 spiro atoms. The topological polar surface area (TPSA) is 12.0 Å². The van der Waals surface area contributed by atoms with Gasteiger partial charge in [0.05, 0.1) is 0 Å². The van der Waals surface area contributed by atoms with Crippen molar-refractivity contribution in [2.24, 2.45) is 23.2 Å². The van der Waals surface area contributed by atoms with Crippen molar-refractivity contribution in [1.29, 1.82) is 0 Å². The first kappa shape index (κ1) is 15.4. The van der Waals surface area contributed by atoms with E-state index in [9.17, 15) is 0 Å². The second kappa shape index (κ2) is 7.11. The first-order valence-electron chi connectivity index (χ1n) is 8.81. The van der Waals surface area contributed by atoms with E-state index in [1.165, 1.54) is 70.9 Å². The van der Waals surface area contributed by atoms with Gasteiger partial charge in [-0.05, 0) is 68.4 Å². The summed E-state index contributed by atoms with van der Waals surface area (Å²) in [7, 11) is 0. The number of rotatable bonds is 6. The van der Waals surface area contributed by atoms with Gasteiger partial charge in [0.1, 0.15) is 0 Å². The summed E-state index contributed by atoms with van der Waals surface area (Å²) < 4.78 is 0. The maximum Gasteiger partial charge on any atom is -0.00179 e. The van der Waals surface area contributed by atoms with Gasteiger partial charge in [-0.2, -0.15) is 0 Å². The van der Waals surface area contributed by atoms with Gasteiger partial charge in [-0.25, -0.2) is 0 Å². The highest BCUT2D eigenvalue weighted by atomic mass is 14.9.